The number of carbonyl (C=O) groups excluding carboxylic acids is 1. The van der Waals surface area contributed by atoms with Gasteiger partial charge in [-0.05, 0) is 44.0 Å². The summed E-state index contributed by atoms with van der Waals surface area (Å²) in [5.41, 5.74) is 1.18. The molecule has 0 saturated heterocycles. The van der Waals surface area contributed by atoms with Crippen LogP contribution in [-0.4, -0.2) is 32.6 Å². The first kappa shape index (κ1) is 15.8. The summed E-state index contributed by atoms with van der Waals surface area (Å²) in [4.78, 5) is 26.8. The van der Waals surface area contributed by atoms with Gasteiger partial charge in [0.05, 0.1) is 0 Å². The van der Waals surface area contributed by atoms with E-state index < -0.39 is 5.97 Å². The topological polar surface area (TPSA) is 84.2 Å². The second kappa shape index (κ2) is 6.89. The van der Waals surface area contributed by atoms with Crippen molar-refractivity contribution in [2.75, 3.05) is 0 Å². The third-order valence-electron chi connectivity index (χ3n) is 3.46. The lowest BCUT2D eigenvalue weighted by Crippen LogP contribution is -2.33. The third kappa shape index (κ3) is 3.94. The first-order chi connectivity index (χ1) is 10.5. The van der Waals surface area contributed by atoms with E-state index in [0.717, 1.165) is 12.8 Å². The highest BCUT2D eigenvalue weighted by molar-refractivity contribution is 5.94. The molecule has 1 amide bonds. The molecule has 0 bridgehead atoms. The van der Waals surface area contributed by atoms with Gasteiger partial charge in [-0.15, -0.1) is 0 Å². The Morgan fingerprint density at radius 2 is 2.00 bits per heavy atom. The van der Waals surface area contributed by atoms with Crippen molar-refractivity contribution in [3.63, 3.8) is 0 Å². The molecule has 2 aromatic heterocycles. The van der Waals surface area contributed by atoms with Gasteiger partial charge >= 0.3 is 5.97 Å². The highest BCUT2D eigenvalue weighted by Crippen LogP contribution is 2.06. The predicted octanol–water partition coefficient (Wildman–Crippen LogP) is 1.87. The molecule has 0 unspecified atom stereocenters. The Balaban J connectivity index is 1.92. The average Bonchev–Trinajstić information content (AvgIpc) is 2.90. The third-order valence-corrected chi connectivity index (χ3v) is 3.46. The standard InChI is InChI=1S/C16H19N3O3/c1-11(8-9-12-5-4-10-19(12)2)17-15(20)13-6-3-7-14(18-13)16(21)22/h3-7,10-11H,8-9H2,1-2H3,(H,17,20)(H,21,22)/t11-/m1/s1. The molecule has 0 fully saturated rings. The van der Waals surface area contributed by atoms with Gasteiger partial charge in [-0.2, -0.15) is 0 Å². The summed E-state index contributed by atoms with van der Waals surface area (Å²) in [5, 5.41) is 11.7. The minimum absolute atomic E-state index is 0.0299. The van der Waals surface area contributed by atoms with Gasteiger partial charge in [0.2, 0.25) is 0 Å². The molecule has 2 aromatic rings. The van der Waals surface area contributed by atoms with Crippen LogP contribution in [0.5, 0.6) is 0 Å². The molecular formula is C16H19N3O3. The van der Waals surface area contributed by atoms with E-state index in [1.807, 2.05) is 36.9 Å². The van der Waals surface area contributed by atoms with E-state index in [1.165, 1.54) is 23.9 Å². The molecule has 22 heavy (non-hydrogen) atoms. The Labute approximate surface area is 128 Å². The van der Waals surface area contributed by atoms with Crippen LogP contribution in [0.2, 0.25) is 0 Å². The minimum atomic E-state index is -1.15. The number of aromatic carboxylic acids is 1. The maximum Gasteiger partial charge on any atom is 0.354 e. The first-order valence-electron chi connectivity index (χ1n) is 7.09. The molecule has 0 aliphatic carbocycles. The summed E-state index contributed by atoms with van der Waals surface area (Å²) < 4.78 is 2.05. The lowest BCUT2D eigenvalue weighted by atomic mass is 10.1. The SMILES string of the molecule is C[C@H](CCc1cccn1C)NC(=O)c1cccc(C(=O)O)n1. The summed E-state index contributed by atoms with van der Waals surface area (Å²) in [7, 11) is 1.99. The van der Waals surface area contributed by atoms with Crippen molar-refractivity contribution in [1.82, 2.24) is 14.9 Å². The van der Waals surface area contributed by atoms with Gasteiger partial charge in [0.1, 0.15) is 11.4 Å². The first-order valence-corrected chi connectivity index (χ1v) is 7.09. The lowest BCUT2D eigenvalue weighted by Gasteiger charge is -2.14. The van der Waals surface area contributed by atoms with Crippen LogP contribution in [0.3, 0.4) is 0 Å². The number of nitrogens with zero attached hydrogens (tertiary/aromatic N) is 2. The Hall–Kier alpha value is -2.63. The van der Waals surface area contributed by atoms with Gasteiger partial charge in [0.25, 0.3) is 5.91 Å². The molecule has 1 atom stereocenters. The van der Waals surface area contributed by atoms with Crippen LogP contribution in [0.15, 0.2) is 36.5 Å². The van der Waals surface area contributed by atoms with Crippen molar-refractivity contribution in [2.45, 2.75) is 25.8 Å². The summed E-state index contributed by atoms with van der Waals surface area (Å²) in [6.07, 6.45) is 3.63. The second-order valence-electron chi connectivity index (χ2n) is 5.24. The number of carboxylic acid groups (broad SMARTS) is 1. The van der Waals surface area contributed by atoms with Crippen LogP contribution in [0.25, 0.3) is 0 Å². The summed E-state index contributed by atoms with van der Waals surface area (Å²) in [5.74, 6) is -1.51. The summed E-state index contributed by atoms with van der Waals surface area (Å²) >= 11 is 0. The Morgan fingerprint density at radius 1 is 1.27 bits per heavy atom. The Kier molecular flexibility index (Phi) is 4.93. The van der Waals surface area contributed by atoms with E-state index in [1.54, 1.807) is 0 Å². The molecular weight excluding hydrogens is 282 g/mol. The highest BCUT2D eigenvalue weighted by Gasteiger charge is 2.14. The number of aryl methyl sites for hydroxylation is 2. The van der Waals surface area contributed by atoms with Crippen LogP contribution in [0.1, 0.15) is 40.0 Å². The van der Waals surface area contributed by atoms with Crippen LogP contribution in [0, 0.1) is 0 Å². The number of hydrogen-bond donors (Lipinski definition) is 2. The fraction of sp³-hybridized carbons (Fsp3) is 0.312. The van der Waals surface area contributed by atoms with Crippen LogP contribution in [-0.2, 0) is 13.5 Å². The van der Waals surface area contributed by atoms with Crippen molar-refractivity contribution in [1.29, 1.82) is 0 Å². The van der Waals surface area contributed by atoms with E-state index in [-0.39, 0.29) is 23.3 Å². The average molecular weight is 301 g/mol. The molecule has 0 aliphatic heterocycles. The normalized spacial score (nSPS) is 11.9. The molecule has 0 spiro atoms. The van der Waals surface area contributed by atoms with Gasteiger partial charge in [-0.25, -0.2) is 9.78 Å². The molecule has 2 rings (SSSR count). The fourth-order valence-electron chi connectivity index (χ4n) is 2.17. The van der Waals surface area contributed by atoms with E-state index >= 15 is 0 Å². The van der Waals surface area contributed by atoms with Crippen molar-refractivity contribution in [3.8, 4) is 0 Å². The van der Waals surface area contributed by atoms with Gasteiger partial charge in [0, 0.05) is 25.0 Å². The molecule has 6 nitrogen and oxygen atoms in total. The van der Waals surface area contributed by atoms with Crippen molar-refractivity contribution in [3.05, 3.63) is 53.6 Å². The van der Waals surface area contributed by atoms with Gasteiger partial charge in [-0.1, -0.05) is 6.07 Å². The number of pyridine rings is 1. The zero-order chi connectivity index (χ0) is 16.1. The minimum Gasteiger partial charge on any atom is -0.477 e. The van der Waals surface area contributed by atoms with Crippen molar-refractivity contribution < 1.29 is 14.7 Å². The highest BCUT2D eigenvalue weighted by atomic mass is 16.4. The van der Waals surface area contributed by atoms with E-state index in [4.69, 9.17) is 5.11 Å². The largest absolute Gasteiger partial charge is 0.477 e. The van der Waals surface area contributed by atoms with Crippen molar-refractivity contribution in [2.24, 2.45) is 7.05 Å². The molecule has 0 saturated carbocycles. The number of aromatic nitrogens is 2. The molecule has 116 valence electrons. The van der Waals surface area contributed by atoms with E-state index in [2.05, 4.69) is 10.3 Å². The van der Waals surface area contributed by atoms with E-state index in [9.17, 15) is 9.59 Å². The van der Waals surface area contributed by atoms with Crippen LogP contribution >= 0.6 is 0 Å². The number of hydrogen-bond acceptors (Lipinski definition) is 3. The van der Waals surface area contributed by atoms with Gasteiger partial charge in [-0.3, -0.25) is 4.79 Å². The summed E-state index contributed by atoms with van der Waals surface area (Å²) in [6, 6.07) is 8.38. The van der Waals surface area contributed by atoms with Crippen LogP contribution < -0.4 is 5.32 Å². The maximum atomic E-state index is 12.1. The molecule has 0 radical (unpaired) electrons. The second-order valence-corrected chi connectivity index (χ2v) is 5.24. The maximum absolute atomic E-state index is 12.1. The number of carbonyl (C=O) groups is 2. The molecule has 2 heterocycles. The number of rotatable bonds is 6. The van der Waals surface area contributed by atoms with Gasteiger partial charge in [0.15, 0.2) is 0 Å². The quantitative estimate of drug-likeness (QED) is 0.853. The monoisotopic (exact) mass is 301 g/mol. The number of nitrogens with one attached hydrogen (secondary N) is 1. The summed E-state index contributed by atoms with van der Waals surface area (Å²) in [6.45, 7) is 1.92. The fourth-order valence-corrected chi connectivity index (χ4v) is 2.17. The van der Waals surface area contributed by atoms with Gasteiger partial charge < -0.3 is 15.0 Å². The smallest absolute Gasteiger partial charge is 0.354 e. The molecule has 0 aliphatic rings. The zero-order valence-electron chi connectivity index (χ0n) is 12.6. The zero-order valence-corrected chi connectivity index (χ0v) is 12.6. The number of amides is 1. The Morgan fingerprint density at radius 3 is 2.64 bits per heavy atom. The molecule has 2 N–H and O–H groups in total. The van der Waals surface area contributed by atoms with Crippen molar-refractivity contribution >= 4 is 11.9 Å². The number of carboxylic acids is 1. The molecule has 0 aromatic carbocycles. The predicted molar refractivity (Wildman–Crippen MR) is 81.9 cm³/mol. The molecule has 6 heteroatoms. The lowest BCUT2D eigenvalue weighted by molar-refractivity contribution is 0.0690. The van der Waals surface area contributed by atoms with Crippen LogP contribution in [0.4, 0.5) is 0 Å². The van der Waals surface area contributed by atoms with E-state index in [0.29, 0.717) is 0 Å². The Bertz CT molecular complexity index is 679.